The van der Waals surface area contributed by atoms with E-state index in [0.717, 1.165) is 31.1 Å². The lowest BCUT2D eigenvalue weighted by Gasteiger charge is -2.16. The molecule has 1 saturated heterocycles. The molecule has 1 fully saturated rings. The van der Waals surface area contributed by atoms with Crippen LogP contribution in [0.3, 0.4) is 0 Å². The molecule has 6 nitrogen and oxygen atoms in total. The summed E-state index contributed by atoms with van der Waals surface area (Å²) in [5, 5.41) is 3.53. The number of amidine groups is 1. The van der Waals surface area contributed by atoms with E-state index >= 15 is 0 Å². The second kappa shape index (κ2) is 7.44. The Morgan fingerprint density at radius 3 is 2.92 bits per heavy atom. The molecule has 2 amide bonds. The van der Waals surface area contributed by atoms with Crippen molar-refractivity contribution in [2.45, 2.75) is 24.5 Å². The van der Waals surface area contributed by atoms with E-state index in [4.69, 9.17) is 16.3 Å². The maximum Gasteiger partial charge on any atom is 0.262 e. The number of thioether (sulfide) groups is 1. The quantitative estimate of drug-likeness (QED) is 0.886. The highest BCUT2D eigenvalue weighted by Gasteiger charge is 2.33. The number of anilines is 1. The lowest BCUT2D eigenvalue weighted by Crippen LogP contribution is -2.25. The van der Waals surface area contributed by atoms with Gasteiger partial charge in [-0.15, -0.1) is 0 Å². The smallest absolute Gasteiger partial charge is 0.262 e. The fraction of sp³-hybridized carbons (Fsp3) is 0.438. The maximum atomic E-state index is 12.3. The van der Waals surface area contributed by atoms with Crippen molar-refractivity contribution in [3.05, 3.63) is 23.2 Å². The Bertz CT molecular complexity index is 689. The largest absolute Gasteiger partial charge is 0.495 e. The second-order valence-electron chi connectivity index (χ2n) is 5.63. The van der Waals surface area contributed by atoms with Crippen molar-refractivity contribution in [1.29, 1.82) is 0 Å². The first-order valence-corrected chi connectivity index (χ1v) is 9.00. The van der Waals surface area contributed by atoms with Crippen LogP contribution in [0.4, 0.5) is 5.69 Å². The van der Waals surface area contributed by atoms with Gasteiger partial charge in [0.05, 0.1) is 12.8 Å². The third kappa shape index (κ3) is 3.84. The number of ether oxygens (including phenoxy) is 1. The van der Waals surface area contributed by atoms with Gasteiger partial charge in [-0.05, 0) is 31.0 Å². The summed E-state index contributed by atoms with van der Waals surface area (Å²) in [6.45, 7) is 1.86. The molecule has 24 heavy (non-hydrogen) atoms. The van der Waals surface area contributed by atoms with Crippen molar-refractivity contribution in [3.63, 3.8) is 0 Å². The number of hydrogen-bond acceptors (Lipinski definition) is 5. The molecule has 1 aromatic rings. The summed E-state index contributed by atoms with van der Waals surface area (Å²) < 4.78 is 5.20. The topological polar surface area (TPSA) is 71.0 Å². The molecule has 128 valence electrons. The van der Waals surface area contributed by atoms with E-state index in [1.54, 1.807) is 18.2 Å². The number of methoxy groups -OCH3 is 1. The van der Waals surface area contributed by atoms with E-state index < -0.39 is 5.25 Å². The zero-order valence-electron chi connectivity index (χ0n) is 13.3. The molecule has 2 heterocycles. The molecule has 1 N–H and O–H groups in total. The monoisotopic (exact) mass is 367 g/mol. The number of carbonyl (C=O) groups is 2. The van der Waals surface area contributed by atoms with Gasteiger partial charge in [-0.1, -0.05) is 23.4 Å². The van der Waals surface area contributed by atoms with E-state index in [1.165, 1.54) is 18.9 Å². The summed E-state index contributed by atoms with van der Waals surface area (Å²) in [4.78, 5) is 30.5. The Balaban J connectivity index is 1.60. The fourth-order valence-corrected chi connectivity index (χ4v) is 3.99. The van der Waals surface area contributed by atoms with Crippen molar-refractivity contribution in [2.24, 2.45) is 4.99 Å². The number of nitrogens with zero attached hydrogens (tertiary/aromatic N) is 2. The number of likely N-dealkylation sites (tertiary alicyclic amines) is 1. The zero-order valence-corrected chi connectivity index (χ0v) is 14.8. The Morgan fingerprint density at radius 1 is 1.46 bits per heavy atom. The summed E-state index contributed by atoms with van der Waals surface area (Å²) >= 11 is 7.33. The standard InChI is InChI=1S/C16H18ClN3O3S/c1-23-12-5-4-10(17)8-11(12)18-14(21)9-13-15(22)19-16(24-13)20-6-2-3-7-20/h4-5,8,13H,2-3,6-7,9H2,1H3,(H,18,21)/t13-/m1/s1. The molecule has 3 rings (SSSR count). The number of halogens is 1. The molecule has 2 aliphatic heterocycles. The van der Waals surface area contributed by atoms with E-state index in [0.29, 0.717) is 16.5 Å². The molecule has 0 unspecified atom stereocenters. The number of nitrogens with one attached hydrogen (secondary N) is 1. The van der Waals surface area contributed by atoms with Gasteiger partial charge in [0.15, 0.2) is 5.17 Å². The molecule has 2 aliphatic rings. The van der Waals surface area contributed by atoms with Crippen molar-refractivity contribution < 1.29 is 14.3 Å². The van der Waals surface area contributed by atoms with Crippen molar-refractivity contribution >= 4 is 46.0 Å². The molecule has 0 bridgehead atoms. The molecule has 0 aliphatic carbocycles. The average Bonchev–Trinajstić information content (AvgIpc) is 3.18. The van der Waals surface area contributed by atoms with Crippen LogP contribution in [0.2, 0.25) is 5.02 Å². The van der Waals surface area contributed by atoms with Crippen molar-refractivity contribution in [3.8, 4) is 5.75 Å². The first kappa shape index (κ1) is 17.1. The molecule has 0 saturated carbocycles. The number of carbonyl (C=O) groups excluding carboxylic acids is 2. The molecule has 0 aromatic heterocycles. The van der Waals surface area contributed by atoms with Gasteiger partial charge in [-0.25, -0.2) is 0 Å². The Morgan fingerprint density at radius 2 is 2.21 bits per heavy atom. The number of rotatable bonds is 4. The second-order valence-corrected chi connectivity index (χ2v) is 7.24. The molecule has 0 radical (unpaired) electrons. The summed E-state index contributed by atoms with van der Waals surface area (Å²) in [6, 6.07) is 4.98. The third-order valence-electron chi connectivity index (χ3n) is 3.91. The van der Waals surface area contributed by atoms with Crippen molar-refractivity contribution in [1.82, 2.24) is 4.90 Å². The van der Waals surface area contributed by atoms with Crippen LogP contribution >= 0.6 is 23.4 Å². The van der Waals surface area contributed by atoms with Crippen LogP contribution in [0.1, 0.15) is 19.3 Å². The molecule has 1 atom stereocenters. The van der Waals surface area contributed by atoms with Gasteiger partial charge >= 0.3 is 0 Å². The zero-order chi connectivity index (χ0) is 17.1. The first-order valence-electron chi connectivity index (χ1n) is 7.74. The minimum absolute atomic E-state index is 0.0695. The number of amides is 2. The highest BCUT2D eigenvalue weighted by Crippen LogP contribution is 2.31. The Kier molecular flexibility index (Phi) is 5.30. The van der Waals surface area contributed by atoms with Crippen LogP contribution in [0.5, 0.6) is 5.75 Å². The summed E-state index contributed by atoms with van der Waals surface area (Å²) in [5.41, 5.74) is 0.492. The SMILES string of the molecule is COc1ccc(Cl)cc1NC(=O)C[C@H]1SC(N2CCCC2)=NC1=O. The molecular formula is C16H18ClN3O3S. The molecule has 8 heteroatoms. The average molecular weight is 368 g/mol. The highest BCUT2D eigenvalue weighted by atomic mass is 35.5. The maximum absolute atomic E-state index is 12.3. The Hall–Kier alpha value is -1.73. The van der Waals surface area contributed by atoms with Crippen LogP contribution in [0.15, 0.2) is 23.2 Å². The fourth-order valence-electron chi connectivity index (χ4n) is 2.70. The van der Waals surface area contributed by atoms with Crippen LogP contribution in [-0.2, 0) is 9.59 Å². The summed E-state index contributed by atoms with van der Waals surface area (Å²) in [7, 11) is 1.52. The number of aliphatic imine (C=N–C) groups is 1. The summed E-state index contributed by atoms with van der Waals surface area (Å²) in [6.07, 6.45) is 2.31. The summed E-state index contributed by atoms with van der Waals surface area (Å²) in [5.74, 6) is 0.0153. The van der Waals surface area contributed by atoms with Gasteiger partial charge in [-0.3, -0.25) is 9.59 Å². The minimum atomic E-state index is -0.467. The number of hydrogen-bond donors (Lipinski definition) is 1. The van der Waals surface area contributed by atoms with Gasteiger partial charge < -0.3 is 15.0 Å². The van der Waals surface area contributed by atoms with E-state index in [2.05, 4.69) is 15.2 Å². The van der Waals surface area contributed by atoms with E-state index in [9.17, 15) is 9.59 Å². The van der Waals surface area contributed by atoms with Gasteiger partial charge in [-0.2, -0.15) is 4.99 Å². The molecular weight excluding hydrogens is 350 g/mol. The highest BCUT2D eigenvalue weighted by molar-refractivity contribution is 8.15. The van der Waals surface area contributed by atoms with E-state index in [-0.39, 0.29) is 18.2 Å². The minimum Gasteiger partial charge on any atom is -0.495 e. The third-order valence-corrected chi connectivity index (χ3v) is 5.36. The lowest BCUT2D eigenvalue weighted by atomic mass is 10.2. The van der Waals surface area contributed by atoms with Crippen molar-refractivity contribution in [2.75, 3.05) is 25.5 Å². The predicted octanol–water partition coefficient (Wildman–Crippen LogP) is 2.77. The normalized spacial score (nSPS) is 20.2. The predicted molar refractivity (Wildman–Crippen MR) is 95.9 cm³/mol. The molecule has 0 spiro atoms. The van der Waals surface area contributed by atoms with E-state index in [1.807, 2.05) is 0 Å². The van der Waals surface area contributed by atoms with Crippen LogP contribution in [0, 0.1) is 0 Å². The van der Waals surface area contributed by atoms with Gasteiger partial charge in [0, 0.05) is 24.5 Å². The first-order chi connectivity index (χ1) is 11.6. The van der Waals surface area contributed by atoms with Crippen LogP contribution in [-0.4, -0.2) is 47.3 Å². The lowest BCUT2D eigenvalue weighted by molar-refractivity contribution is -0.121. The van der Waals surface area contributed by atoms with Gasteiger partial charge in [0.25, 0.3) is 5.91 Å². The molecule has 1 aromatic carbocycles. The van der Waals surface area contributed by atoms with Crippen LogP contribution in [0.25, 0.3) is 0 Å². The Labute approximate surface area is 149 Å². The van der Waals surface area contributed by atoms with Gasteiger partial charge in [0.1, 0.15) is 11.0 Å². The number of benzene rings is 1. The van der Waals surface area contributed by atoms with Gasteiger partial charge in [0.2, 0.25) is 5.91 Å². The van der Waals surface area contributed by atoms with Crippen LogP contribution < -0.4 is 10.1 Å².